The third-order valence-corrected chi connectivity index (χ3v) is 3.00. The zero-order chi connectivity index (χ0) is 14.6. The van der Waals surface area contributed by atoms with E-state index in [1.165, 1.54) is 6.07 Å². The number of aromatic nitrogens is 1. The quantitative estimate of drug-likeness (QED) is 0.917. The molecule has 0 unspecified atom stereocenters. The molecular formula is C15H15F3N2. The highest BCUT2D eigenvalue weighted by molar-refractivity contribution is 5.25. The standard InChI is InChI=1S/C15H15F3N2/c1-11(14-7-2-3-8-19-14)20-10-12-5-4-6-13(9-12)15(16,17)18/h2-9,11,20H,10H2,1H3/t11-/m1/s1. The average Bonchev–Trinajstić information content (AvgIpc) is 2.45. The maximum atomic E-state index is 12.6. The number of hydrogen-bond acceptors (Lipinski definition) is 2. The van der Waals surface area contributed by atoms with E-state index in [-0.39, 0.29) is 6.04 Å². The van der Waals surface area contributed by atoms with E-state index in [0.717, 1.165) is 17.8 Å². The molecule has 0 aliphatic rings. The first kappa shape index (κ1) is 14.5. The summed E-state index contributed by atoms with van der Waals surface area (Å²) in [4.78, 5) is 4.21. The largest absolute Gasteiger partial charge is 0.416 e. The number of pyridine rings is 1. The first-order chi connectivity index (χ1) is 9.47. The molecule has 5 heteroatoms. The third-order valence-electron chi connectivity index (χ3n) is 3.00. The minimum Gasteiger partial charge on any atom is -0.305 e. The van der Waals surface area contributed by atoms with Gasteiger partial charge < -0.3 is 5.32 Å². The molecule has 2 nitrogen and oxygen atoms in total. The van der Waals surface area contributed by atoms with E-state index >= 15 is 0 Å². The second kappa shape index (κ2) is 6.05. The maximum Gasteiger partial charge on any atom is 0.416 e. The molecule has 0 radical (unpaired) electrons. The van der Waals surface area contributed by atoms with E-state index in [2.05, 4.69) is 10.3 Å². The highest BCUT2D eigenvalue weighted by Crippen LogP contribution is 2.29. The minimum atomic E-state index is -4.30. The smallest absolute Gasteiger partial charge is 0.305 e. The van der Waals surface area contributed by atoms with Crippen LogP contribution in [0.15, 0.2) is 48.7 Å². The van der Waals surface area contributed by atoms with Gasteiger partial charge in [-0.05, 0) is 30.7 Å². The fourth-order valence-corrected chi connectivity index (χ4v) is 1.87. The van der Waals surface area contributed by atoms with Crippen molar-refractivity contribution in [1.82, 2.24) is 10.3 Å². The van der Waals surface area contributed by atoms with Crippen LogP contribution in [0.3, 0.4) is 0 Å². The van der Waals surface area contributed by atoms with Crippen LogP contribution >= 0.6 is 0 Å². The summed E-state index contributed by atoms with van der Waals surface area (Å²) in [5.74, 6) is 0. The summed E-state index contributed by atoms with van der Waals surface area (Å²) in [6.45, 7) is 2.29. The van der Waals surface area contributed by atoms with Crippen molar-refractivity contribution in [2.45, 2.75) is 25.7 Å². The van der Waals surface area contributed by atoms with Crippen molar-refractivity contribution in [2.75, 3.05) is 0 Å². The van der Waals surface area contributed by atoms with Crippen molar-refractivity contribution in [3.63, 3.8) is 0 Å². The molecule has 1 atom stereocenters. The molecule has 0 fully saturated rings. The number of halogens is 3. The lowest BCUT2D eigenvalue weighted by molar-refractivity contribution is -0.137. The average molecular weight is 280 g/mol. The van der Waals surface area contributed by atoms with Gasteiger partial charge in [-0.15, -0.1) is 0 Å². The van der Waals surface area contributed by atoms with Gasteiger partial charge in [-0.25, -0.2) is 0 Å². The summed E-state index contributed by atoms with van der Waals surface area (Å²) in [7, 11) is 0. The Morgan fingerprint density at radius 3 is 2.60 bits per heavy atom. The molecule has 20 heavy (non-hydrogen) atoms. The van der Waals surface area contributed by atoms with E-state index in [1.807, 2.05) is 25.1 Å². The van der Waals surface area contributed by atoms with E-state index in [9.17, 15) is 13.2 Å². The molecule has 106 valence electrons. The fraction of sp³-hybridized carbons (Fsp3) is 0.267. The molecule has 0 saturated heterocycles. The minimum absolute atomic E-state index is 0.0225. The molecule has 0 aliphatic heterocycles. The molecule has 2 aromatic rings. The van der Waals surface area contributed by atoms with Crippen molar-refractivity contribution < 1.29 is 13.2 Å². The second-order valence-electron chi connectivity index (χ2n) is 4.56. The van der Waals surface area contributed by atoms with E-state index in [4.69, 9.17) is 0 Å². The van der Waals surface area contributed by atoms with Gasteiger partial charge in [0.15, 0.2) is 0 Å². The van der Waals surface area contributed by atoms with Gasteiger partial charge in [0.25, 0.3) is 0 Å². The Labute approximate surface area is 115 Å². The summed E-state index contributed by atoms with van der Waals surface area (Å²) in [5, 5.41) is 3.16. The summed E-state index contributed by atoms with van der Waals surface area (Å²) >= 11 is 0. The number of hydrogen-bond donors (Lipinski definition) is 1. The molecular weight excluding hydrogens is 265 g/mol. The summed E-state index contributed by atoms with van der Waals surface area (Å²) in [6, 6.07) is 10.9. The number of rotatable bonds is 4. The highest BCUT2D eigenvalue weighted by atomic mass is 19.4. The molecule has 1 N–H and O–H groups in total. The van der Waals surface area contributed by atoms with Crippen molar-refractivity contribution in [2.24, 2.45) is 0 Å². The zero-order valence-electron chi connectivity index (χ0n) is 11.0. The van der Waals surface area contributed by atoms with Crippen LogP contribution in [0, 0.1) is 0 Å². The predicted octanol–water partition coefficient (Wildman–Crippen LogP) is 3.95. The molecule has 0 aliphatic carbocycles. The van der Waals surface area contributed by atoms with Crippen molar-refractivity contribution in [3.8, 4) is 0 Å². The monoisotopic (exact) mass is 280 g/mol. The number of nitrogens with zero attached hydrogens (tertiary/aromatic N) is 1. The molecule has 0 spiro atoms. The lowest BCUT2D eigenvalue weighted by Crippen LogP contribution is -2.19. The summed E-state index contributed by atoms with van der Waals surface area (Å²) in [5.41, 5.74) is 0.837. The van der Waals surface area contributed by atoms with Crippen LogP contribution in [0.1, 0.15) is 29.8 Å². The summed E-state index contributed by atoms with van der Waals surface area (Å²) < 4.78 is 37.8. The van der Waals surface area contributed by atoms with E-state index in [1.54, 1.807) is 12.3 Å². The van der Waals surface area contributed by atoms with Crippen LogP contribution in [-0.4, -0.2) is 4.98 Å². The molecule has 1 aromatic heterocycles. The topological polar surface area (TPSA) is 24.9 Å². The van der Waals surface area contributed by atoms with Crippen LogP contribution < -0.4 is 5.32 Å². The van der Waals surface area contributed by atoms with Crippen LogP contribution in [-0.2, 0) is 12.7 Å². The fourth-order valence-electron chi connectivity index (χ4n) is 1.87. The van der Waals surface area contributed by atoms with Crippen molar-refractivity contribution in [1.29, 1.82) is 0 Å². The Balaban J connectivity index is 2.01. The molecule has 2 rings (SSSR count). The van der Waals surface area contributed by atoms with Gasteiger partial charge in [0, 0.05) is 18.8 Å². The molecule has 0 saturated carbocycles. The molecule has 0 bridgehead atoms. The van der Waals surface area contributed by atoms with Crippen LogP contribution in [0.5, 0.6) is 0 Å². The SMILES string of the molecule is C[C@@H](NCc1cccc(C(F)(F)F)c1)c1ccccn1. The van der Waals surface area contributed by atoms with Crippen molar-refractivity contribution >= 4 is 0 Å². The first-order valence-electron chi connectivity index (χ1n) is 6.27. The van der Waals surface area contributed by atoms with Gasteiger partial charge in [-0.1, -0.05) is 24.3 Å². The highest BCUT2D eigenvalue weighted by Gasteiger charge is 2.30. The number of benzene rings is 1. The Kier molecular flexibility index (Phi) is 4.39. The summed E-state index contributed by atoms with van der Waals surface area (Å²) in [6.07, 6.45) is -2.61. The lowest BCUT2D eigenvalue weighted by atomic mass is 10.1. The van der Waals surface area contributed by atoms with Crippen LogP contribution in [0.4, 0.5) is 13.2 Å². The lowest BCUT2D eigenvalue weighted by Gasteiger charge is -2.14. The number of alkyl halides is 3. The zero-order valence-corrected chi connectivity index (χ0v) is 11.0. The van der Waals surface area contributed by atoms with Gasteiger partial charge in [-0.3, -0.25) is 4.98 Å². The van der Waals surface area contributed by atoms with Gasteiger partial charge in [0.1, 0.15) is 0 Å². The van der Waals surface area contributed by atoms with Crippen molar-refractivity contribution in [3.05, 3.63) is 65.5 Å². The van der Waals surface area contributed by atoms with Gasteiger partial charge in [-0.2, -0.15) is 13.2 Å². The Morgan fingerprint density at radius 2 is 1.95 bits per heavy atom. The number of nitrogens with one attached hydrogen (secondary N) is 1. The van der Waals surface area contributed by atoms with Crippen LogP contribution in [0.25, 0.3) is 0 Å². The van der Waals surface area contributed by atoms with Gasteiger partial charge in [0.2, 0.25) is 0 Å². The normalized spacial score (nSPS) is 13.2. The Morgan fingerprint density at radius 1 is 1.15 bits per heavy atom. The van der Waals surface area contributed by atoms with Gasteiger partial charge in [0.05, 0.1) is 11.3 Å². The Bertz CT molecular complexity index is 553. The van der Waals surface area contributed by atoms with E-state index in [0.29, 0.717) is 12.1 Å². The second-order valence-corrected chi connectivity index (χ2v) is 4.56. The molecule has 1 heterocycles. The van der Waals surface area contributed by atoms with Gasteiger partial charge >= 0.3 is 6.18 Å². The predicted molar refractivity (Wildman–Crippen MR) is 70.9 cm³/mol. The maximum absolute atomic E-state index is 12.6. The molecule has 1 aromatic carbocycles. The van der Waals surface area contributed by atoms with Crippen LogP contribution in [0.2, 0.25) is 0 Å². The molecule has 0 amide bonds. The third kappa shape index (κ3) is 3.81. The van der Waals surface area contributed by atoms with E-state index < -0.39 is 11.7 Å². The Hall–Kier alpha value is -1.88. The first-order valence-corrected chi connectivity index (χ1v) is 6.27.